The minimum atomic E-state index is -0.480. The zero-order chi connectivity index (χ0) is 15.5. The number of carbonyl (C=O) groups is 1. The Labute approximate surface area is 126 Å². The van der Waals surface area contributed by atoms with E-state index >= 15 is 0 Å². The molecule has 1 N–H and O–H groups in total. The maximum atomic E-state index is 11.9. The third-order valence-electron chi connectivity index (χ3n) is 3.28. The first kappa shape index (κ1) is 15.4. The Morgan fingerprint density at radius 3 is 2.43 bits per heavy atom. The number of fused-ring (bicyclic) bond motifs is 1. The highest BCUT2D eigenvalue weighted by Crippen LogP contribution is 2.23. The predicted octanol–water partition coefficient (Wildman–Crippen LogP) is 4.82. The lowest BCUT2D eigenvalue weighted by Gasteiger charge is -2.23. The van der Waals surface area contributed by atoms with E-state index < -0.39 is 5.60 Å². The monoisotopic (exact) mass is 285 g/mol. The first-order valence-electron chi connectivity index (χ1n) is 7.37. The molecule has 112 valence electrons. The summed E-state index contributed by atoms with van der Waals surface area (Å²) < 4.78 is 5.33. The predicted molar refractivity (Wildman–Crippen MR) is 86.3 cm³/mol. The van der Waals surface area contributed by atoms with Gasteiger partial charge >= 0.3 is 6.09 Å². The number of hydrogen-bond donors (Lipinski definition) is 1. The second kappa shape index (κ2) is 6.17. The number of rotatable bonds is 3. The largest absolute Gasteiger partial charge is 0.444 e. The SMILES string of the molecule is CC[C@H](NC(=O)OC(C)(C)C)c1ccc2ccccc2c1. The Balaban J connectivity index is 2.17. The molecule has 3 nitrogen and oxygen atoms in total. The summed E-state index contributed by atoms with van der Waals surface area (Å²) in [4.78, 5) is 11.9. The smallest absolute Gasteiger partial charge is 0.408 e. The van der Waals surface area contributed by atoms with Crippen molar-refractivity contribution in [2.75, 3.05) is 0 Å². The van der Waals surface area contributed by atoms with Crippen LogP contribution in [0.4, 0.5) is 4.79 Å². The Kier molecular flexibility index (Phi) is 4.51. The molecule has 0 heterocycles. The van der Waals surface area contributed by atoms with Crippen LogP contribution in [0.15, 0.2) is 42.5 Å². The normalized spacial score (nSPS) is 13.0. The molecule has 0 fully saturated rings. The number of hydrogen-bond acceptors (Lipinski definition) is 2. The molecular weight excluding hydrogens is 262 g/mol. The third kappa shape index (κ3) is 4.22. The van der Waals surface area contributed by atoms with Gasteiger partial charge < -0.3 is 10.1 Å². The summed E-state index contributed by atoms with van der Waals surface area (Å²) in [7, 11) is 0. The fraction of sp³-hybridized carbons (Fsp3) is 0.389. The molecule has 0 unspecified atom stereocenters. The number of carbonyl (C=O) groups excluding carboxylic acids is 1. The number of amides is 1. The molecule has 2 aromatic rings. The van der Waals surface area contributed by atoms with Gasteiger partial charge in [0.15, 0.2) is 0 Å². The van der Waals surface area contributed by atoms with Gasteiger partial charge in [-0.3, -0.25) is 0 Å². The van der Waals surface area contributed by atoms with Crippen molar-refractivity contribution in [2.24, 2.45) is 0 Å². The van der Waals surface area contributed by atoms with Crippen molar-refractivity contribution in [1.29, 1.82) is 0 Å². The average molecular weight is 285 g/mol. The summed E-state index contributed by atoms with van der Waals surface area (Å²) in [6.07, 6.45) is 0.444. The molecule has 0 spiro atoms. The molecule has 1 atom stereocenters. The summed E-state index contributed by atoms with van der Waals surface area (Å²) in [6.45, 7) is 7.65. The molecule has 0 saturated carbocycles. The van der Waals surface area contributed by atoms with Gasteiger partial charge in [-0.05, 0) is 49.6 Å². The third-order valence-corrected chi connectivity index (χ3v) is 3.28. The summed E-state index contributed by atoms with van der Waals surface area (Å²) in [5.74, 6) is 0. The molecule has 0 aromatic heterocycles. The van der Waals surface area contributed by atoms with E-state index in [0.29, 0.717) is 0 Å². The van der Waals surface area contributed by atoms with E-state index in [0.717, 1.165) is 12.0 Å². The molecule has 0 bridgehead atoms. The molecular formula is C18H23NO2. The van der Waals surface area contributed by atoms with Gasteiger partial charge in [0.25, 0.3) is 0 Å². The van der Waals surface area contributed by atoms with Crippen LogP contribution >= 0.6 is 0 Å². The first-order chi connectivity index (χ1) is 9.89. The fourth-order valence-electron chi connectivity index (χ4n) is 2.30. The lowest BCUT2D eigenvalue weighted by Crippen LogP contribution is -2.34. The van der Waals surface area contributed by atoms with Crippen LogP contribution in [0, 0.1) is 0 Å². The van der Waals surface area contributed by atoms with Crippen LogP contribution in [-0.2, 0) is 4.74 Å². The molecule has 21 heavy (non-hydrogen) atoms. The van der Waals surface area contributed by atoms with E-state index in [1.165, 1.54) is 10.8 Å². The highest BCUT2D eigenvalue weighted by atomic mass is 16.6. The van der Waals surface area contributed by atoms with Crippen molar-refractivity contribution >= 4 is 16.9 Å². The maximum absolute atomic E-state index is 11.9. The number of ether oxygens (including phenoxy) is 1. The van der Waals surface area contributed by atoms with Gasteiger partial charge in [-0.2, -0.15) is 0 Å². The standard InChI is InChI=1S/C18H23NO2/c1-5-16(19-17(20)21-18(2,3)4)15-11-10-13-8-6-7-9-14(13)12-15/h6-12,16H,5H2,1-4H3,(H,19,20)/t16-/m0/s1. The number of benzene rings is 2. The minimum Gasteiger partial charge on any atom is -0.444 e. The molecule has 2 rings (SSSR count). The Morgan fingerprint density at radius 2 is 1.81 bits per heavy atom. The summed E-state index contributed by atoms with van der Waals surface area (Å²) >= 11 is 0. The highest BCUT2D eigenvalue weighted by molar-refractivity contribution is 5.83. The van der Waals surface area contributed by atoms with Gasteiger partial charge in [-0.25, -0.2) is 4.79 Å². The van der Waals surface area contributed by atoms with Gasteiger partial charge in [0.2, 0.25) is 0 Å². The van der Waals surface area contributed by atoms with E-state index in [4.69, 9.17) is 4.74 Å². The van der Waals surface area contributed by atoms with E-state index in [1.54, 1.807) is 0 Å². The van der Waals surface area contributed by atoms with Crippen LogP contribution in [0.2, 0.25) is 0 Å². The quantitative estimate of drug-likeness (QED) is 0.878. The van der Waals surface area contributed by atoms with Crippen molar-refractivity contribution in [1.82, 2.24) is 5.32 Å². The number of alkyl carbamates (subject to hydrolysis) is 1. The molecule has 0 aliphatic carbocycles. The van der Waals surface area contributed by atoms with E-state index in [-0.39, 0.29) is 12.1 Å². The van der Waals surface area contributed by atoms with Crippen LogP contribution < -0.4 is 5.32 Å². The van der Waals surface area contributed by atoms with Gasteiger partial charge in [0.1, 0.15) is 5.60 Å². The molecule has 2 aromatic carbocycles. The van der Waals surface area contributed by atoms with E-state index in [9.17, 15) is 4.79 Å². The lowest BCUT2D eigenvalue weighted by atomic mass is 10.0. The van der Waals surface area contributed by atoms with Gasteiger partial charge in [-0.15, -0.1) is 0 Å². The van der Waals surface area contributed by atoms with Gasteiger partial charge in [-0.1, -0.05) is 43.3 Å². The van der Waals surface area contributed by atoms with Crippen LogP contribution in [0.5, 0.6) is 0 Å². The Hall–Kier alpha value is -2.03. The first-order valence-corrected chi connectivity index (χ1v) is 7.37. The summed E-state index contributed by atoms with van der Waals surface area (Å²) in [5.41, 5.74) is 0.619. The van der Waals surface area contributed by atoms with Crippen molar-refractivity contribution < 1.29 is 9.53 Å². The van der Waals surface area contributed by atoms with E-state index in [2.05, 4.69) is 42.6 Å². The Bertz CT molecular complexity index is 628. The molecule has 0 aliphatic heterocycles. The molecule has 1 amide bonds. The zero-order valence-electron chi connectivity index (χ0n) is 13.1. The van der Waals surface area contributed by atoms with Crippen LogP contribution in [0.25, 0.3) is 10.8 Å². The lowest BCUT2D eigenvalue weighted by molar-refractivity contribution is 0.0502. The zero-order valence-corrected chi connectivity index (χ0v) is 13.1. The summed E-state index contributed by atoms with van der Waals surface area (Å²) in [6, 6.07) is 14.5. The molecule has 0 radical (unpaired) electrons. The van der Waals surface area contributed by atoms with Crippen molar-refractivity contribution in [3.63, 3.8) is 0 Å². The fourth-order valence-corrected chi connectivity index (χ4v) is 2.30. The second-order valence-corrected chi connectivity index (χ2v) is 6.21. The van der Waals surface area contributed by atoms with Crippen molar-refractivity contribution in [3.8, 4) is 0 Å². The van der Waals surface area contributed by atoms with Crippen LogP contribution in [0.3, 0.4) is 0 Å². The Morgan fingerprint density at radius 1 is 1.14 bits per heavy atom. The topological polar surface area (TPSA) is 38.3 Å². The van der Waals surface area contributed by atoms with Crippen LogP contribution in [-0.4, -0.2) is 11.7 Å². The maximum Gasteiger partial charge on any atom is 0.408 e. The highest BCUT2D eigenvalue weighted by Gasteiger charge is 2.19. The van der Waals surface area contributed by atoms with Gasteiger partial charge in [0, 0.05) is 0 Å². The number of nitrogens with one attached hydrogen (secondary N) is 1. The molecule has 3 heteroatoms. The minimum absolute atomic E-state index is 0.0375. The van der Waals surface area contributed by atoms with E-state index in [1.807, 2.05) is 32.9 Å². The second-order valence-electron chi connectivity index (χ2n) is 6.21. The van der Waals surface area contributed by atoms with Gasteiger partial charge in [0.05, 0.1) is 6.04 Å². The van der Waals surface area contributed by atoms with Crippen molar-refractivity contribution in [2.45, 2.75) is 45.8 Å². The van der Waals surface area contributed by atoms with Crippen LogP contribution in [0.1, 0.15) is 45.7 Å². The molecule has 0 aliphatic rings. The molecule has 0 saturated heterocycles. The summed E-state index contributed by atoms with van der Waals surface area (Å²) in [5, 5.41) is 5.33. The van der Waals surface area contributed by atoms with Crippen molar-refractivity contribution in [3.05, 3.63) is 48.0 Å². The average Bonchev–Trinajstić information content (AvgIpc) is 2.42.